The highest BCUT2D eigenvalue weighted by atomic mass is 19.4. The molecular weight excluding hydrogens is 269 g/mol. The third-order valence-corrected chi connectivity index (χ3v) is 2.96. The predicted molar refractivity (Wildman–Crippen MR) is 71.4 cm³/mol. The number of nitrogens with zero attached hydrogens (tertiary/aromatic N) is 1. The molecule has 0 saturated heterocycles. The first-order valence-corrected chi connectivity index (χ1v) is 6.05. The standard InChI is InChI=1S/C14H15F3N2O/c1-13(2,3)12(20)19-10-5-4-9(18)6-8(10)7-11(19)14(15,16)17/h4-7H,18H2,1-3H3. The summed E-state index contributed by atoms with van der Waals surface area (Å²) in [5, 5.41) is 0.301. The van der Waals surface area contributed by atoms with Crippen LogP contribution in [0.1, 0.15) is 31.3 Å². The number of fused-ring (bicyclic) bond motifs is 1. The van der Waals surface area contributed by atoms with E-state index in [1.54, 1.807) is 20.8 Å². The fourth-order valence-corrected chi connectivity index (χ4v) is 2.00. The molecular formula is C14H15F3N2O. The lowest BCUT2D eigenvalue weighted by Gasteiger charge is -2.20. The van der Waals surface area contributed by atoms with Crippen LogP contribution in [0.5, 0.6) is 0 Å². The molecule has 0 radical (unpaired) electrons. The molecule has 6 heteroatoms. The summed E-state index contributed by atoms with van der Waals surface area (Å²) < 4.78 is 40.1. The van der Waals surface area contributed by atoms with Crippen LogP contribution >= 0.6 is 0 Å². The second-order valence-electron chi connectivity index (χ2n) is 5.74. The minimum absolute atomic E-state index is 0.214. The molecule has 2 aromatic rings. The average Bonchev–Trinajstić information content (AvgIpc) is 2.64. The molecule has 108 valence electrons. The maximum absolute atomic E-state index is 13.1. The Balaban J connectivity index is 2.82. The zero-order chi connectivity index (χ0) is 15.3. The van der Waals surface area contributed by atoms with E-state index >= 15 is 0 Å². The lowest BCUT2D eigenvalue weighted by molar-refractivity contribution is -0.142. The predicted octanol–water partition coefficient (Wildman–Crippen LogP) is 3.93. The summed E-state index contributed by atoms with van der Waals surface area (Å²) in [6.45, 7) is 4.75. The van der Waals surface area contributed by atoms with Crippen molar-refractivity contribution < 1.29 is 18.0 Å². The van der Waals surface area contributed by atoms with Crippen molar-refractivity contribution in [2.75, 3.05) is 5.73 Å². The summed E-state index contributed by atoms with van der Waals surface area (Å²) in [4.78, 5) is 12.3. The molecule has 0 saturated carbocycles. The van der Waals surface area contributed by atoms with Gasteiger partial charge in [0.2, 0.25) is 5.91 Å². The monoisotopic (exact) mass is 284 g/mol. The smallest absolute Gasteiger partial charge is 0.399 e. The second-order valence-corrected chi connectivity index (χ2v) is 5.74. The number of alkyl halides is 3. The van der Waals surface area contributed by atoms with Gasteiger partial charge in [-0.25, -0.2) is 0 Å². The quantitative estimate of drug-likeness (QED) is 0.745. The Morgan fingerprint density at radius 1 is 1.15 bits per heavy atom. The zero-order valence-electron chi connectivity index (χ0n) is 11.4. The van der Waals surface area contributed by atoms with Crippen molar-refractivity contribution in [3.8, 4) is 0 Å². The number of aromatic nitrogens is 1. The summed E-state index contributed by atoms with van der Waals surface area (Å²) in [7, 11) is 0. The molecule has 0 unspecified atom stereocenters. The van der Waals surface area contributed by atoms with Crippen molar-refractivity contribution >= 4 is 22.5 Å². The normalized spacial score (nSPS) is 12.9. The molecule has 0 aliphatic rings. The van der Waals surface area contributed by atoms with Gasteiger partial charge in [-0.3, -0.25) is 9.36 Å². The maximum Gasteiger partial charge on any atom is 0.431 e. The van der Waals surface area contributed by atoms with Gasteiger partial charge in [0, 0.05) is 16.5 Å². The molecule has 1 aromatic heterocycles. The molecule has 0 spiro atoms. The Morgan fingerprint density at radius 3 is 2.25 bits per heavy atom. The first-order chi connectivity index (χ1) is 9.01. The van der Waals surface area contributed by atoms with Crippen molar-refractivity contribution in [2.45, 2.75) is 26.9 Å². The van der Waals surface area contributed by atoms with E-state index in [1.807, 2.05) is 0 Å². The lowest BCUT2D eigenvalue weighted by Crippen LogP contribution is -2.30. The number of carbonyl (C=O) groups is 1. The van der Waals surface area contributed by atoms with Crippen molar-refractivity contribution in [3.63, 3.8) is 0 Å². The largest absolute Gasteiger partial charge is 0.431 e. The summed E-state index contributed by atoms with van der Waals surface area (Å²) in [5.74, 6) is -0.607. The molecule has 0 amide bonds. The number of nitrogens with two attached hydrogens (primary N) is 1. The van der Waals surface area contributed by atoms with E-state index in [0.717, 1.165) is 10.6 Å². The minimum atomic E-state index is -4.60. The molecule has 1 heterocycles. The molecule has 0 aliphatic carbocycles. The van der Waals surface area contributed by atoms with Gasteiger partial charge in [-0.2, -0.15) is 13.2 Å². The van der Waals surface area contributed by atoms with E-state index in [-0.39, 0.29) is 5.52 Å². The summed E-state index contributed by atoms with van der Waals surface area (Å²) in [6, 6.07) is 5.30. The molecule has 0 atom stereocenters. The third kappa shape index (κ3) is 2.37. The fraction of sp³-hybridized carbons (Fsp3) is 0.357. The van der Waals surface area contributed by atoms with Crippen LogP contribution in [0, 0.1) is 5.41 Å². The maximum atomic E-state index is 13.1. The Morgan fingerprint density at radius 2 is 1.75 bits per heavy atom. The molecule has 0 aliphatic heterocycles. The number of nitrogen functional groups attached to an aromatic ring is 1. The topological polar surface area (TPSA) is 48.0 Å². The number of rotatable bonds is 0. The molecule has 0 fully saturated rings. The number of anilines is 1. The van der Waals surface area contributed by atoms with Crippen molar-refractivity contribution in [1.82, 2.24) is 4.57 Å². The summed E-state index contributed by atoms with van der Waals surface area (Å²) in [5.41, 5.74) is 4.25. The van der Waals surface area contributed by atoms with Gasteiger partial charge in [-0.05, 0) is 24.3 Å². The summed E-state index contributed by atoms with van der Waals surface area (Å²) >= 11 is 0. The highest BCUT2D eigenvalue weighted by molar-refractivity contribution is 5.97. The molecule has 2 rings (SSSR count). The van der Waals surface area contributed by atoms with Crippen molar-refractivity contribution in [3.05, 3.63) is 30.0 Å². The highest BCUT2D eigenvalue weighted by Gasteiger charge is 2.39. The first kappa shape index (κ1) is 14.4. The van der Waals surface area contributed by atoms with Gasteiger partial charge >= 0.3 is 6.18 Å². The van der Waals surface area contributed by atoms with Crippen LogP contribution in [0.15, 0.2) is 24.3 Å². The number of carbonyl (C=O) groups excluding carboxylic acids is 1. The van der Waals surface area contributed by atoms with E-state index in [0.29, 0.717) is 11.1 Å². The van der Waals surface area contributed by atoms with Crippen LogP contribution in [0.2, 0.25) is 0 Å². The number of halogens is 3. The van der Waals surface area contributed by atoms with Crippen LogP contribution in [-0.2, 0) is 6.18 Å². The van der Waals surface area contributed by atoms with Gasteiger partial charge in [-0.1, -0.05) is 20.8 Å². The molecule has 2 N–H and O–H groups in total. The third-order valence-electron chi connectivity index (χ3n) is 2.96. The van der Waals surface area contributed by atoms with E-state index < -0.39 is 23.2 Å². The Labute approximate surface area is 114 Å². The van der Waals surface area contributed by atoms with Gasteiger partial charge in [0.25, 0.3) is 0 Å². The van der Waals surface area contributed by atoms with Crippen molar-refractivity contribution in [1.29, 1.82) is 0 Å². The van der Waals surface area contributed by atoms with Gasteiger partial charge in [0.15, 0.2) is 0 Å². The average molecular weight is 284 g/mol. The molecule has 1 aromatic carbocycles. The van der Waals surface area contributed by atoms with Crippen LogP contribution < -0.4 is 5.73 Å². The van der Waals surface area contributed by atoms with E-state index in [2.05, 4.69) is 0 Å². The highest BCUT2D eigenvalue weighted by Crippen LogP contribution is 2.36. The van der Waals surface area contributed by atoms with Crippen LogP contribution in [0.3, 0.4) is 0 Å². The Hall–Kier alpha value is -1.98. The molecule has 0 bridgehead atoms. The van der Waals surface area contributed by atoms with Crippen LogP contribution in [0.4, 0.5) is 18.9 Å². The number of hydrogen-bond acceptors (Lipinski definition) is 2. The first-order valence-electron chi connectivity index (χ1n) is 6.05. The van der Waals surface area contributed by atoms with E-state index in [1.165, 1.54) is 18.2 Å². The second kappa shape index (κ2) is 4.26. The van der Waals surface area contributed by atoms with Crippen molar-refractivity contribution in [2.24, 2.45) is 5.41 Å². The number of benzene rings is 1. The fourth-order valence-electron chi connectivity index (χ4n) is 2.00. The van der Waals surface area contributed by atoms with Gasteiger partial charge in [0.05, 0.1) is 5.52 Å². The summed E-state index contributed by atoms with van der Waals surface area (Å²) in [6.07, 6.45) is -4.60. The SMILES string of the molecule is CC(C)(C)C(=O)n1c(C(F)(F)F)cc2cc(N)ccc21. The van der Waals surface area contributed by atoms with E-state index in [9.17, 15) is 18.0 Å². The molecule has 20 heavy (non-hydrogen) atoms. The molecule has 3 nitrogen and oxygen atoms in total. The Kier molecular flexibility index (Phi) is 3.07. The zero-order valence-corrected chi connectivity index (χ0v) is 11.4. The Bertz CT molecular complexity index is 678. The van der Waals surface area contributed by atoms with E-state index in [4.69, 9.17) is 5.73 Å². The van der Waals surface area contributed by atoms with Gasteiger partial charge in [-0.15, -0.1) is 0 Å². The van der Waals surface area contributed by atoms with Gasteiger partial charge < -0.3 is 5.73 Å². The van der Waals surface area contributed by atoms with Crippen LogP contribution in [-0.4, -0.2) is 10.5 Å². The minimum Gasteiger partial charge on any atom is -0.399 e. The van der Waals surface area contributed by atoms with Crippen LogP contribution in [0.25, 0.3) is 10.9 Å². The lowest BCUT2D eigenvalue weighted by atomic mass is 9.95. The number of hydrogen-bond donors (Lipinski definition) is 1. The van der Waals surface area contributed by atoms with Gasteiger partial charge in [0.1, 0.15) is 5.69 Å².